The number of hydrogen-bond acceptors (Lipinski definition) is 2. The van der Waals surface area contributed by atoms with E-state index in [1.807, 2.05) is 18.2 Å². The molecule has 1 fully saturated rings. The highest BCUT2D eigenvalue weighted by Gasteiger charge is 2.28. The number of halogens is 1. The largest absolute Gasteiger partial charge is 0.373 e. The van der Waals surface area contributed by atoms with Crippen LogP contribution in [0.1, 0.15) is 37.7 Å². The van der Waals surface area contributed by atoms with Crippen LogP contribution in [0.15, 0.2) is 18.2 Å². The number of hydrogen-bond donors (Lipinski definition) is 2. The minimum absolute atomic E-state index is 0.124. The summed E-state index contributed by atoms with van der Waals surface area (Å²) in [4.78, 5) is 12.3. The molecule has 4 heteroatoms. The van der Waals surface area contributed by atoms with Crippen molar-refractivity contribution in [3.63, 3.8) is 0 Å². The van der Waals surface area contributed by atoms with Crippen molar-refractivity contribution >= 4 is 23.2 Å². The van der Waals surface area contributed by atoms with Gasteiger partial charge in [0.05, 0.1) is 0 Å². The molecule has 1 aromatic carbocycles. The highest BCUT2D eigenvalue weighted by atomic mass is 35.5. The van der Waals surface area contributed by atoms with Crippen molar-refractivity contribution in [1.29, 1.82) is 0 Å². The standard InChI is InChI=1S/C15H19ClN2O/c16-11-6-7-13-10(8-11)9-14(18-13)15(19)17-12-4-2-1-3-5-12/h6-8,12,14,18H,1-5,9H2,(H,17,19). The van der Waals surface area contributed by atoms with E-state index in [1.165, 1.54) is 19.3 Å². The van der Waals surface area contributed by atoms with Crippen molar-refractivity contribution in [2.24, 2.45) is 0 Å². The van der Waals surface area contributed by atoms with Gasteiger partial charge in [0, 0.05) is 23.2 Å². The highest BCUT2D eigenvalue weighted by Crippen LogP contribution is 2.28. The maximum Gasteiger partial charge on any atom is 0.243 e. The molecule has 1 heterocycles. The lowest BCUT2D eigenvalue weighted by Gasteiger charge is -2.24. The molecule has 1 aliphatic heterocycles. The van der Waals surface area contributed by atoms with Gasteiger partial charge >= 0.3 is 0 Å². The van der Waals surface area contributed by atoms with Crippen LogP contribution in [0.5, 0.6) is 0 Å². The first-order valence-corrected chi connectivity index (χ1v) is 7.45. The van der Waals surface area contributed by atoms with Crippen molar-refractivity contribution in [3.05, 3.63) is 28.8 Å². The van der Waals surface area contributed by atoms with Crippen LogP contribution in [-0.2, 0) is 11.2 Å². The average molecular weight is 279 g/mol. The van der Waals surface area contributed by atoms with Gasteiger partial charge in [0.15, 0.2) is 0 Å². The van der Waals surface area contributed by atoms with Crippen LogP contribution < -0.4 is 10.6 Å². The molecule has 0 spiro atoms. The van der Waals surface area contributed by atoms with E-state index in [-0.39, 0.29) is 11.9 Å². The van der Waals surface area contributed by atoms with Gasteiger partial charge in [-0.1, -0.05) is 30.9 Å². The number of nitrogens with one attached hydrogen (secondary N) is 2. The van der Waals surface area contributed by atoms with Crippen LogP contribution in [0.25, 0.3) is 0 Å². The van der Waals surface area contributed by atoms with Crippen molar-refractivity contribution < 1.29 is 4.79 Å². The predicted molar refractivity (Wildman–Crippen MR) is 77.6 cm³/mol. The van der Waals surface area contributed by atoms with Crippen molar-refractivity contribution in [3.8, 4) is 0 Å². The van der Waals surface area contributed by atoms with E-state index < -0.39 is 0 Å². The maximum atomic E-state index is 12.3. The number of carbonyl (C=O) groups is 1. The van der Waals surface area contributed by atoms with Crippen molar-refractivity contribution in [2.75, 3.05) is 5.32 Å². The third kappa shape index (κ3) is 2.86. The molecule has 0 bridgehead atoms. The Morgan fingerprint density at radius 3 is 2.84 bits per heavy atom. The number of benzene rings is 1. The number of carbonyl (C=O) groups excluding carboxylic acids is 1. The third-order valence-electron chi connectivity index (χ3n) is 4.09. The maximum absolute atomic E-state index is 12.3. The van der Waals surface area contributed by atoms with Crippen LogP contribution in [0.4, 0.5) is 5.69 Å². The number of rotatable bonds is 2. The summed E-state index contributed by atoms with van der Waals surface area (Å²) in [6, 6.07) is 5.98. The van der Waals surface area contributed by atoms with Gasteiger partial charge in [-0.15, -0.1) is 0 Å². The van der Waals surface area contributed by atoms with Gasteiger partial charge in [-0.3, -0.25) is 4.79 Å². The summed E-state index contributed by atoms with van der Waals surface area (Å²) in [6.45, 7) is 0. The first-order valence-electron chi connectivity index (χ1n) is 7.08. The van der Waals surface area contributed by atoms with Crippen molar-refractivity contribution in [1.82, 2.24) is 5.32 Å². The molecule has 0 saturated heterocycles. The van der Waals surface area contributed by atoms with Gasteiger partial charge in [-0.05, 0) is 36.6 Å². The Balaban J connectivity index is 1.60. The fourth-order valence-corrected chi connectivity index (χ4v) is 3.23. The number of anilines is 1. The van der Waals surface area contributed by atoms with Crippen LogP contribution in [0, 0.1) is 0 Å². The van der Waals surface area contributed by atoms with E-state index in [0.717, 1.165) is 35.5 Å². The molecule has 0 aromatic heterocycles. The zero-order valence-corrected chi connectivity index (χ0v) is 11.7. The molecule has 1 saturated carbocycles. The summed E-state index contributed by atoms with van der Waals surface area (Å²) >= 11 is 5.98. The molecule has 1 aliphatic carbocycles. The molecule has 0 radical (unpaired) electrons. The SMILES string of the molecule is O=C(NC1CCCCC1)C1Cc2cc(Cl)ccc2N1. The zero-order valence-electron chi connectivity index (χ0n) is 10.9. The molecular weight excluding hydrogens is 260 g/mol. The quantitative estimate of drug-likeness (QED) is 0.873. The van der Waals surface area contributed by atoms with Crippen LogP contribution in [-0.4, -0.2) is 18.0 Å². The Morgan fingerprint density at radius 2 is 2.05 bits per heavy atom. The number of fused-ring (bicyclic) bond motifs is 1. The fourth-order valence-electron chi connectivity index (χ4n) is 3.04. The highest BCUT2D eigenvalue weighted by molar-refractivity contribution is 6.30. The predicted octanol–water partition coefficient (Wildman–Crippen LogP) is 3.13. The van der Waals surface area contributed by atoms with Gasteiger partial charge in [0.25, 0.3) is 0 Å². The molecular formula is C15H19ClN2O. The van der Waals surface area contributed by atoms with Crippen LogP contribution in [0.2, 0.25) is 5.02 Å². The minimum Gasteiger partial charge on any atom is -0.373 e. The molecule has 3 rings (SSSR count). The molecule has 1 amide bonds. The Kier molecular flexibility index (Phi) is 3.65. The lowest BCUT2D eigenvalue weighted by atomic mass is 9.95. The van der Waals surface area contributed by atoms with Gasteiger partial charge in [0.2, 0.25) is 5.91 Å². The van der Waals surface area contributed by atoms with Crippen LogP contribution >= 0.6 is 11.6 Å². The van der Waals surface area contributed by atoms with E-state index in [9.17, 15) is 4.79 Å². The summed E-state index contributed by atoms with van der Waals surface area (Å²) in [6.07, 6.45) is 6.75. The summed E-state index contributed by atoms with van der Waals surface area (Å²) in [7, 11) is 0. The van der Waals surface area contributed by atoms with E-state index in [0.29, 0.717) is 6.04 Å². The summed E-state index contributed by atoms with van der Waals surface area (Å²) < 4.78 is 0. The van der Waals surface area contributed by atoms with Gasteiger partial charge < -0.3 is 10.6 Å². The second-order valence-corrected chi connectivity index (χ2v) is 5.98. The minimum atomic E-state index is -0.143. The molecule has 3 nitrogen and oxygen atoms in total. The molecule has 2 aliphatic rings. The monoisotopic (exact) mass is 278 g/mol. The topological polar surface area (TPSA) is 41.1 Å². The average Bonchev–Trinajstić information content (AvgIpc) is 2.83. The molecule has 19 heavy (non-hydrogen) atoms. The molecule has 1 unspecified atom stereocenters. The lowest BCUT2D eigenvalue weighted by molar-refractivity contribution is -0.122. The van der Waals surface area contributed by atoms with Crippen LogP contribution in [0.3, 0.4) is 0 Å². The van der Waals surface area contributed by atoms with Gasteiger partial charge in [-0.2, -0.15) is 0 Å². The molecule has 2 N–H and O–H groups in total. The van der Waals surface area contributed by atoms with E-state index >= 15 is 0 Å². The summed E-state index contributed by atoms with van der Waals surface area (Å²) in [5, 5.41) is 7.19. The van der Waals surface area contributed by atoms with Gasteiger partial charge in [-0.25, -0.2) is 0 Å². The van der Waals surface area contributed by atoms with E-state index in [1.54, 1.807) is 0 Å². The Labute approximate surface area is 118 Å². The molecule has 1 atom stereocenters. The third-order valence-corrected chi connectivity index (χ3v) is 4.32. The molecule has 102 valence electrons. The van der Waals surface area contributed by atoms with Crippen molar-refractivity contribution in [2.45, 2.75) is 50.6 Å². The first-order chi connectivity index (χ1) is 9.22. The first kappa shape index (κ1) is 12.8. The Hall–Kier alpha value is -1.22. The Morgan fingerprint density at radius 1 is 1.26 bits per heavy atom. The van der Waals surface area contributed by atoms with E-state index in [4.69, 9.17) is 11.6 Å². The zero-order chi connectivity index (χ0) is 13.2. The second-order valence-electron chi connectivity index (χ2n) is 5.55. The summed E-state index contributed by atoms with van der Waals surface area (Å²) in [5.74, 6) is 0.124. The summed E-state index contributed by atoms with van der Waals surface area (Å²) in [5.41, 5.74) is 2.17. The molecule has 1 aromatic rings. The second kappa shape index (κ2) is 5.41. The van der Waals surface area contributed by atoms with E-state index in [2.05, 4.69) is 10.6 Å². The number of amides is 1. The fraction of sp³-hybridized carbons (Fsp3) is 0.533. The normalized spacial score (nSPS) is 22.7. The smallest absolute Gasteiger partial charge is 0.243 e. The lowest BCUT2D eigenvalue weighted by Crippen LogP contribution is -2.44. The Bertz CT molecular complexity index is 483. The van der Waals surface area contributed by atoms with Gasteiger partial charge in [0.1, 0.15) is 6.04 Å².